The minimum Gasteiger partial charge on any atom is -0.373 e. The van der Waals surface area contributed by atoms with Crippen molar-refractivity contribution >= 4 is 17.5 Å². The standard InChI is InChI=1S/C19H24N4O2/c1-14(2)16-4-6-18(7-5-16)21-19(25)17(12-20)13-22-8-10-23(11-9-22)15(3)24/h4-7,13-14H,8-11H2,1-3H3,(H,21,25)/b17-13-. The first kappa shape index (κ1) is 18.5. The molecule has 1 aliphatic rings. The molecule has 0 aliphatic carbocycles. The lowest BCUT2D eigenvalue weighted by Gasteiger charge is -2.33. The number of benzene rings is 1. The fourth-order valence-corrected chi connectivity index (χ4v) is 2.64. The van der Waals surface area contributed by atoms with Crippen molar-refractivity contribution in [2.24, 2.45) is 0 Å². The summed E-state index contributed by atoms with van der Waals surface area (Å²) < 4.78 is 0. The Hall–Kier alpha value is -2.81. The number of nitrogens with zero attached hydrogens (tertiary/aromatic N) is 3. The van der Waals surface area contributed by atoms with Crippen LogP contribution in [0.15, 0.2) is 36.0 Å². The maximum Gasteiger partial charge on any atom is 0.267 e. The van der Waals surface area contributed by atoms with Crippen LogP contribution in [0.5, 0.6) is 0 Å². The second kappa shape index (κ2) is 8.34. The predicted octanol–water partition coefficient (Wildman–Crippen LogP) is 2.32. The van der Waals surface area contributed by atoms with Gasteiger partial charge in [0.05, 0.1) is 0 Å². The van der Waals surface area contributed by atoms with E-state index in [9.17, 15) is 14.9 Å². The molecule has 6 heteroatoms. The molecule has 0 aromatic heterocycles. The highest BCUT2D eigenvalue weighted by molar-refractivity contribution is 6.06. The van der Waals surface area contributed by atoms with E-state index in [4.69, 9.17) is 0 Å². The summed E-state index contributed by atoms with van der Waals surface area (Å²) in [5.41, 5.74) is 1.92. The molecule has 1 aromatic rings. The molecule has 0 atom stereocenters. The summed E-state index contributed by atoms with van der Waals surface area (Å²) in [4.78, 5) is 27.3. The number of hydrogen-bond acceptors (Lipinski definition) is 4. The van der Waals surface area contributed by atoms with Crippen LogP contribution in [0.25, 0.3) is 0 Å². The van der Waals surface area contributed by atoms with Crippen molar-refractivity contribution in [3.8, 4) is 6.07 Å². The quantitative estimate of drug-likeness (QED) is 0.674. The van der Waals surface area contributed by atoms with E-state index in [2.05, 4.69) is 19.2 Å². The molecule has 1 aliphatic heterocycles. The zero-order chi connectivity index (χ0) is 18.4. The second-order valence-electron chi connectivity index (χ2n) is 6.43. The Balaban J connectivity index is 1.99. The van der Waals surface area contributed by atoms with Crippen LogP contribution in [0.3, 0.4) is 0 Å². The zero-order valence-electron chi connectivity index (χ0n) is 15.0. The summed E-state index contributed by atoms with van der Waals surface area (Å²) in [5, 5.41) is 12.0. The number of piperazine rings is 1. The number of hydrogen-bond donors (Lipinski definition) is 1. The van der Waals surface area contributed by atoms with E-state index in [0.717, 1.165) is 0 Å². The Morgan fingerprint density at radius 3 is 2.24 bits per heavy atom. The van der Waals surface area contributed by atoms with Crippen LogP contribution in [0.4, 0.5) is 5.69 Å². The number of rotatable bonds is 4. The SMILES string of the molecule is CC(=O)N1CCN(/C=C(/C#N)C(=O)Nc2ccc(C(C)C)cc2)CC1. The molecule has 25 heavy (non-hydrogen) atoms. The van der Waals surface area contributed by atoms with Crippen LogP contribution >= 0.6 is 0 Å². The summed E-state index contributed by atoms with van der Waals surface area (Å²) in [5.74, 6) is 0.0495. The van der Waals surface area contributed by atoms with Gasteiger partial charge in [-0.15, -0.1) is 0 Å². The molecule has 1 heterocycles. The Morgan fingerprint density at radius 2 is 1.76 bits per heavy atom. The summed E-state index contributed by atoms with van der Waals surface area (Å²) in [6, 6.07) is 9.58. The maximum absolute atomic E-state index is 12.3. The molecular formula is C19H24N4O2. The van der Waals surface area contributed by atoms with E-state index >= 15 is 0 Å². The highest BCUT2D eigenvalue weighted by atomic mass is 16.2. The van der Waals surface area contributed by atoms with Crippen molar-refractivity contribution in [1.29, 1.82) is 5.26 Å². The highest BCUT2D eigenvalue weighted by Gasteiger charge is 2.18. The Kier molecular flexibility index (Phi) is 6.18. The molecule has 0 bridgehead atoms. The summed E-state index contributed by atoms with van der Waals surface area (Å²) in [6.07, 6.45) is 1.58. The van der Waals surface area contributed by atoms with Crippen LogP contribution in [0, 0.1) is 11.3 Å². The summed E-state index contributed by atoms with van der Waals surface area (Å²) >= 11 is 0. The zero-order valence-corrected chi connectivity index (χ0v) is 15.0. The van der Waals surface area contributed by atoms with Gasteiger partial charge in [-0.2, -0.15) is 5.26 Å². The molecule has 0 radical (unpaired) electrons. The molecule has 132 valence electrons. The minimum atomic E-state index is -0.422. The topological polar surface area (TPSA) is 76.4 Å². The second-order valence-corrected chi connectivity index (χ2v) is 6.43. The average molecular weight is 340 g/mol. The Bertz CT molecular complexity index is 693. The van der Waals surface area contributed by atoms with E-state index in [1.54, 1.807) is 18.0 Å². The fourth-order valence-electron chi connectivity index (χ4n) is 2.64. The third kappa shape index (κ3) is 5.08. The minimum absolute atomic E-state index is 0.0479. The number of anilines is 1. The van der Waals surface area contributed by atoms with Gasteiger partial charge >= 0.3 is 0 Å². The summed E-state index contributed by atoms with van der Waals surface area (Å²) in [6.45, 7) is 8.18. The largest absolute Gasteiger partial charge is 0.373 e. The van der Waals surface area contributed by atoms with Crippen molar-refractivity contribution in [1.82, 2.24) is 9.80 Å². The molecule has 1 N–H and O–H groups in total. The summed E-state index contributed by atoms with van der Waals surface area (Å²) in [7, 11) is 0. The van der Waals surface area contributed by atoms with Gasteiger partial charge < -0.3 is 15.1 Å². The number of carbonyl (C=O) groups is 2. The normalized spacial score (nSPS) is 15.1. The molecule has 1 saturated heterocycles. The van der Waals surface area contributed by atoms with Gasteiger partial charge in [-0.1, -0.05) is 26.0 Å². The van der Waals surface area contributed by atoms with Gasteiger partial charge in [0.25, 0.3) is 5.91 Å². The molecular weight excluding hydrogens is 316 g/mol. The lowest BCUT2D eigenvalue weighted by molar-refractivity contribution is -0.130. The van der Waals surface area contributed by atoms with Crippen molar-refractivity contribution in [2.45, 2.75) is 26.7 Å². The van der Waals surface area contributed by atoms with Gasteiger partial charge in [-0.3, -0.25) is 9.59 Å². The van der Waals surface area contributed by atoms with Gasteiger partial charge in [0, 0.05) is 45.0 Å². The first-order chi connectivity index (χ1) is 11.9. The number of amides is 2. The van der Waals surface area contributed by atoms with Crippen LogP contribution in [-0.2, 0) is 9.59 Å². The van der Waals surface area contributed by atoms with Crippen molar-refractivity contribution in [2.75, 3.05) is 31.5 Å². The first-order valence-corrected chi connectivity index (χ1v) is 8.43. The van der Waals surface area contributed by atoms with Gasteiger partial charge in [0.1, 0.15) is 11.6 Å². The van der Waals surface area contributed by atoms with Crippen molar-refractivity contribution < 1.29 is 9.59 Å². The molecule has 1 fully saturated rings. The van der Waals surface area contributed by atoms with Gasteiger partial charge in [0.2, 0.25) is 5.91 Å². The number of nitriles is 1. The van der Waals surface area contributed by atoms with Crippen LogP contribution in [0.1, 0.15) is 32.3 Å². The van der Waals surface area contributed by atoms with E-state index in [1.165, 1.54) is 5.56 Å². The molecule has 6 nitrogen and oxygen atoms in total. The molecule has 0 unspecified atom stereocenters. The monoisotopic (exact) mass is 340 g/mol. The number of nitrogens with one attached hydrogen (secondary N) is 1. The van der Waals surface area contributed by atoms with Crippen LogP contribution in [-0.4, -0.2) is 47.8 Å². The molecule has 2 amide bonds. The lowest BCUT2D eigenvalue weighted by atomic mass is 10.0. The van der Waals surface area contributed by atoms with Gasteiger partial charge in [-0.05, 0) is 23.6 Å². The van der Waals surface area contributed by atoms with E-state index in [-0.39, 0.29) is 11.5 Å². The van der Waals surface area contributed by atoms with E-state index in [0.29, 0.717) is 37.8 Å². The van der Waals surface area contributed by atoms with Crippen molar-refractivity contribution in [3.05, 3.63) is 41.6 Å². The third-order valence-electron chi connectivity index (χ3n) is 4.27. The van der Waals surface area contributed by atoms with E-state index in [1.807, 2.05) is 35.2 Å². The highest BCUT2D eigenvalue weighted by Crippen LogP contribution is 2.17. The molecule has 1 aromatic carbocycles. The van der Waals surface area contributed by atoms with Gasteiger partial charge in [0.15, 0.2) is 0 Å². The maximum atomic E-state index is 12.3. The molecule has 0 spiro atoms. The number of carbonyl (C=O) groups excluding carboxylic acids is 2. The predicted molar refractivity (Wildman–Crippen MR) is 96.7 cm³/mol. The van der Waals surface area contributed by atoms with E-state index < -0.39 is 5.91 Å². The lowest BCUT2D eigenvalue weighted by Crippen LogP contribution is -2.46. The Morgan fingerprint density at radius 1 is 1.16 bits per heavy atom. The van der Waals surface area contributed by atoms with Crippen LogP contribution < -0.4 is 5.32 Å². The van der Waals surface area contributed by atoms with Crippen LogP contribution in [0.2, 0.25) is 0 Å². The Labute approximate surface area is 148 Å². The molecule has 0 saturated carbocycles. The van der Waals surface area contributed by atoms with Gasteiger partial charge in [-0.25, -0.2) is 0 Å². The smallest absolute Gasteiger partial charge is 0.267 e. The average Bonchev–Trinajstić information content (AvgIpc) is 2.60. The fraction of sp³-hybridized carbons (Fsp3) is 0.421. The molecule has 2 rings (SSSR count). The third-order valence-corrected chi connectivity index (χ3v) is 4.27. The van der Waals surface area contributed by atoms with Crippen molar-refractivity contribution in [3.63, 3.8) is 0 Å². The first-order valence-electron chi connectivity index (χ1n) is 8.43.